The number of hydrogen-bond acceptors (Lipinski definition) is 1. The van der Waals surface area contributed by atoms with Crippen LogP contribution in [0.2, 0.25) is 0 Å². The first-order valence-electron chi connectivity index (χ1n) is 5.80. The van der Waals surface area contributed by atoms with Gasteiger partial charge in [0.25, 0.3) is 0 Å². The predicted octanol–water partition coefficient (Wildman–Crippen LogP) is 2.82. The van der Waals surface area contributed by atoms with Gasteiger partial charge in [-0.05, 0) is 39.6 Å². The summed E-state index contributed by atoms with van der Waals surface area (Å²) in [6, 6.07) is 8.66. The molecular formula is C14H20N2. The summed E-state index contributed by atoms with van der Waals surface area (Å²) in [5, 5.41) is 1.39. The van der Waals surface area contributed by atoms with Crippen molar-refractivity contribution in [3.05, 3.63) is 35.5 Å². The summed E-state index contributed by atoms with van der Waals surface area (Å²) in [6.45, 7) is 6.57. The largest absolute Gasteiger partial charge is 0.343 e. The van der Waals surface area contributed by atoms with E-state index < -0.39 is 0 Å². The number of aryl methyl sites for hydroxylation is 1. The average Bonchev–Trinajstić information content (AvgIpc) is 2.50. The lowest BCUT2D eigenvalue weighted by molar-refractivity contribution is 0.385. The molecule has 0 atom stereocenters. The summed E-state index contributed by atoms with van der Waals surface area (Å²) < 4.78 is 2.42. The van der Waals surface area contributed by atoms with Crippen LogP contribution in [0.25, 0.3) is 10.9 Å². The van der Waals surface area contributed by atoms with Crippen LogP contribution in [0.3, 0.4) is 0 Å². The Hall–Kier alpha value is -1.28. The molecular weight excluding hydrogens is 196 g/mol. The minimum absolute atomic E-state index is 1.06. The van der Waals surface area contributed by atoms with Crippen LogP contribution < -0.4 is 0 Å². The van der Waals surface area contributed by atoms with Crippen molar-refractivity contribution >= 4 is 10.9 Å². The summed E-state index contributed by atoms with van der Waals surface area (Å²) in [4.78, 5) is 2.23. The van der Waals surface area contributed by atoms with Crippen LogP contribution >= 0.6 is 0 Å². The Kier molecular flexibility index (Phi) is 3.01. The molecule has 2 heteroatoms. The number of para-hydroxylation sites is 1. The maximum absolute atomic E-state index is 2.42. The van der Waals surface area contributed by atoms with Crippen LogP contribution in [0.5, 0.6) is 0 Å². The molecule has 1 heterocycles. The predicted molar refractivity (Wildman–Crippen MR) is 70.0 cm³/mol. The molecule has 0 saturated carbocycles. The molecule has 86 valence electrons. The van der Waals surface area contributed by atoms with Crippen molar-refractivity contribution in [3.8, 4) is 0 Å². The van der Waals surface area contributed by atoms with Gasteiger partial charge in [0.2, 0.25) is 0 Å². The van der Waals surface area contributed by atoms with Crippen molar-refractivity contribution in [1.82, 2.24) is 9.47 Å². The highest BCUT2D eigenvalue weighted by Gasteiger charge is 2.09. The number of likely N-dealkylation sites (N-methyl/N-ethyl adjacent to an activating group) is 1. The minimum Gasteiger partial charge on any atom is -0.343 e. The van der Waals surface area contributed by atoms with Crippen molar-refractivity contribution < 1.29 is 0 Å². The zero-order valence-electron chi connectivity index (χ0n) is 10.6. The van der Waals surface area contributed by atoms with Gasteiger partial charge in [0.1, 0.15) is 0 Å². The average molecular weight is 216 g/mol. The van der Waals surface area contributed by atoms with Crippen molar-refractivity contribution in [1.29, 1.82) is 0 Å². The van der Waals surface area contributed by atoms with Gasteiger partial charge in [-0.25, -0.2) is 0 Å². The van der Waals surface area contributed by atoms with Gasteiger partial charge in [-0.1, -0.05) is 18.2 Å². The molecule has 0 unspecified atom stereocenters. The second-order valence-electron chi connectivity index (χ2n) is 4.68. The fourth-order valence-corrected chi connectivity index (χ4v) is 2.19. The minimum atomic E-state index is 1.06. The zero-order valence-corrected chi connectivity index (χ0v) is 10.6. The molecule has 16 heavy (non-hydrogen) atoms. The number of hydrogen-bond donors (Lipinski definition) is 0. The third kappa shape index (κ3) is 1.85. The Morgan fingerprint density at radius 3 is 2.50 bits per heavy atom. The first kappa shape index (κ1) is 11.2. The number of benzene rings is 1. The smallest absolute Gasteiger partial charge is 0.0485 e. The van der Waals surface area contributed by atoms with Crippen LogP contribution in [0, 0.1) is 13.8 Å². The maximum Gasteiger partial charge on any atom is 0.0485 e. The van der Waals surface area contributed by atoms with E-state index in [1.165, 1.54) is 22.2 Å². The molecule has 2 nitrogen and oxygen atoms in total. The SMILES string of the molecule is Cc1c(C)n(CCN(C)C)c2ccccc12. The van der Waals surface area contributed by atoms with Gasteiger partial charge < -0.3 is 9.47 Å². The second-order valence-corrected chi connectivity index (χ2v) is 4.68. The highest BCUT2D eigenvalue weighted by molar-refractivity contribution is 5.85. The second kappa shape index (κ2) is 4.30. The molecule has 1 aromatic heterocycles. The van der Waals surface area contributed by atoms with E-state index in [9.17, 15) is 0 Å². The molecule has 2 aromatic rings. The van der Waals surface area contributed by atoms with Crippen molar-refractivity contribution in [2.45, 2.75) is 20.4 Å². The van der Waals surface area contributed by atoms with Gasteiger partial charge in [-0.2, -0.15) is 0 Å². The van der Waals surface area contributed by atoms with E-state index in [-0.39, 0.29) is 0 Å². The maximum atomic E-state index is 2.42. The topological polar surface area (TPSA) is 8.17 Å². The monoisotopic (exact) mass is 216 g/mol. The summed E-state index contributed by atoms with van der Waals surface area (Å²) in [5.74, 6) is 0. The molecule has 0 amide bonds. The molecule has 0 radical (unpaired) electrons. The normalized spacial score (nSPS) is 11.6. The van der Waals surface area contributed by atoms with Gasteiger partial charge in [0, 0.05) is 29.7 Å². The van der Waals surface area contributed by atoms with Crippen LogP contribution in [0.1, 0.15) is 11.3 Å². The summed E-state index contributed by atoms with van der Waals surface area (Å²) in [6.07, 6.45) is 0. The van der Waals surface area contributed by atoms with Gasteiger partial charge in [-0.3, -0.25) is 0 Å². The quantitative estimate of drug-likeness (QED) is 0.766. The van der Waals surface area contributed by atoms with E-state index in [1.54, 1.807) is 0 Å². The Balaban J connectivity index is 2.47. The first-order valence-corrected chi connectivity index (χ1v) is 5.80. The van der Waals surface area contributed by atoms with Crippen LogP contribution in [-0.2, 0) is 6.54 Å². The lowest BCUT2D eigenvalue weighted by Gasteiger charge is -2.13. The molecule has 0 spiro atoms. The lowest BCUT2D eigenvalue weighted by Crippen LogP contribution is -2.18. The Labute approximate surface area is 97.5 Å². The van der Waals surface area contributed by atoms with Crippen LogP contribution in [-0.4, -0.2) is 30.1 Å². The van der Waals surface area contributed by atoms with E-state index in [0.29, 0.717) is 0 Å². The number of rotatable bonds is 3. The van der Waals surface area contributed by atoms with Crippen molar-refractivity contribution in [2.24, 2.45) is 0 Å². The van der Waals surface area contributed by atoms with Gasteiger partial charge in [-0.15, -0.1) is 0 Å². The third-order valence-corrected chi connectivity index (χ3v) is 3.32. The number of aromatic nitrogens is 1. The fraction of sp³-hybridized carbons (Fsp3) is 0.429. The first-order chi connectivity index (χ1) is 7.61. The van der Waals surface area contributed by atoms with Gasteiger partial charge in [0.15, 0.2) is 0 Å². The Morgan fingerprint density at radius 1 is 1.12 bits per heavy atom. The van der Waals surface area contributed by atoms with E-state index in [2.05, 4.69) is 61.7 Å². The van der Waals surface area contributed by atoms with E-state index in [1.807, 2.05) is 0 Å². The van der Waals surface area contributed by atoms with Crippen LogP contribution in [0.15, 0.2) is 24.3 Å². The summed E-state index contributed by atoms with van der Waals surface area (Å²) in [5.41, 5.74) is 4.16. The molecule has 0 N–H and O–H groups in total. The Morgan fingerprint density at radius 2 is 1.81 bits per heavy atom. The van der Waals surface area contributed by atoms with Gasteiger partial charge >= 0.3 is 0 Å². The molecule has 0 fully saturated rings. The molecule has 2 rings (SSSR count). The molecule has 0 aliphatic rings. The van der Waals surface area contributed by atoms with E-state index in [4.69, 9.17) is 0 Å². The molecule has 0 bridgehead atoms. The number of nitrogens with zero attached hydrogens (tertiary/aromatic N) is 2. The summed E-state index contributed by atoms with van der Waals surface area (Å²) >= 11 is 0. The van der Waals surface area contributed by atoms with E-state index in [0.717, 1.165) is 13.1 Å². The summed E-state index contributed by atoms with van der Waals surface area (Å²) in [7, 11) is 4.24. The highest BCUT2D eigenvalue weighted by Crippen LogP contribution is 2.24. The third-order valence-electron chi connectivity index (χ3n) is 3.32. The molecule has 0 aliphatic heterocycles. The van der Waals surface area contributed by atoms with Crippen LogP contribution in [0.4, 0.5) is 0 Å². The van der Waals surface area contributed by atoms with E-state index >= 15 is 0 Å². The van der Waals surface area contributed by atoms with Gasteiger partial charge in [0.05, 0.1) is 0 Å². The van der Waals surface area contributed by atoms with Crippen molar-refractivity contribution in [3.63, 3.8) is 0 Å². The molecule has 1 aromatic carbocycles. The molecule has 0 aliphatic carbocycles. The zero-order chi connectivity index (χ0) is 11.7. The lowest BCUT2D eigenvalue weighted by atomic mass is 10.2. The molecule has 0 saturated heterocycles. The Bertz CT molecular complexity index is 495. The fourth-order valence-electron chi connectivity index (χ4n) is 2.19. The highest BCUT2D eigenvalue weighted by atomic mass is 15.1. The van der Waals surface area contributed by atoms with Crippen molar-refractivity contribution in [2.75, 3.05) is 20.6 Å². The number of fused-ring (bicyclic) bond motifs is 1. The standard InChI is InChI=1S/C14H20N2/c1-11-12(2)16(10-9-15(3)4)14-8-6-5-7-13(11)14/h5-8H,9-10H2,1-4H3.